The SMILES string of the molecule is CCN(CC)c1nc(NCC2CCCCC2)nc2c1=CCC=CC=2.CN.O.OSc1ccccc1.[HH].[HH]. The normalized spacial score (nSPS) is 14.2. The fraction of sp³-hybridized carbons (Fsp3) is 0.481. The summed E-state index contributed by atoms with van der Waals surface area (Å²) in [7, 11) is 1.50. The maximum absolute atomic E-state index is 8.45. The van der Waals surface area contributed by atoms with E-state index in [0.717, 1.165) is 66.0 Å². The molecule has 1 heterocycles. The summed E-state index contributed by atoms with van der Waals surface area (Å²) in [5.74, 6) is 2.62. The van der Waals surface area contributed by atoms with Crippen molar-refractivity contribution in [1.82, 2.24) is 9.97 Å². The number of hydrogen-bond donors (Lipinski definition) is 3. The molecule has 0 spiro atoms. The van der Waals surface area contributed by atoms with Crippen molar-refractivity contribution in [2.75, 3.05) is 36.9 Å². The topological polar surface area (TPSA) is 119 Å². The first-order chi connectivity index (χ1) is 16.7. The van der Waals surface area contributed by atoms with Crippen LogP contribution in [0.15, 0.2) is 47.4 Å². The zero-order chi connectivity index (χ0) is 24.6. The fourth-order valence-corrected chi connectivity index (χ4v) is 4.45. The van der Waals surface area contributed by atoms with Gasteiger partial charge in [0.1, 0.15) is 5.82 Å². The zero-order valence-electron chi connectivity index (χ0n) is 21.4. The van der Waals surface area contributed by atoms with Crippen molar-refractivity contribution >= 4 is 36.0 Å². The van der Waals surface area contributed by atoms with E-state index < -0.39 is 0 Å². The average Bonchev–Trinajstić information content (AvgIpc) is 3.16. The maximum Gasteiger partial charge on any atom is 0.225 e. The third-order valence-corrected chi connectivity index (χ3v) is 6.47. The molecule has 0 unspecified atom stereocenters. The molecular formula is C27H47N5O2S. The number of nitrogens with zero attached hydrogens (tertiary/aromatic N) is 3. The number of nitrogens with one attached hydrogen (secondary N) is 1. The fourth-order valence-electron chi connectivity index (χ4n) is 4.17. The van der Waals surface area contributed by atoms with Gasteiger partial charge >= 0.3 is 0 Å². The summed E-state index contributed by atoms with van der Waals surface area (Å²) in [5.41, 5.74) is 4.50. The standard InChI is InChI=1S/C20H30N4.C6H6OS.CH5N.H2O.2H2/c1-3-24(4-2)19-17-13-9-6-10-14-18(17)22-20(23-19)21-15-16-11-7-5-8-12-16;7-8-6-4-2-1-3-5-6;1-2;;;/h6,10,13-14,16H,3-5,7-9,11-12,15H2,1-2H3,(H,21,22);1-5,7H;2H2,1H3;1H2;2*1H. The van der Waals surface area contributed by atoms with Crippen LogP contribution in [0.25, 0.3) is 12.2 Å². The molecule has 0 saturated heterocycles. The highest BCUT2D eigenvalue weighted by Gasteiger charge is 2.15. The Kier molecular flexibility index (Phi) is 15.7. The lowest BCUT2D eigenvalue weighted by Crippen LogP contribution is -2.38. The van der Waals surface area contributed by atoms with Crippen molar-refractivity contribution in [2.24, 2.45) is 11.7 Å². The van der Waals surface area contributed by atoms with E-state index in [1.54, 1.807) is 0 Å². The first-order valence-electron chi connectivity index (χ1n) is 12.4. The molecule has 0 aliphatic heterocycles. The molecule has 0 bridgehead atoms. The number of rotatable bonds is 7. The average molecular weight is 506 g/mol. The van der Waals surface area contributed by atoms with E-state index in [4.69, 9.17) is 14.5 Å². The van der Waals surface area contributed by atoms with Gasteiger partial charge in [0.15, 0.2) is 0 Å². The predicted octanol–water partition coefficient (Wildman–Crippen LogP) is 4.33. The van der Waals surface area contributed by atoms with E-state index in [2.05, 4.69) is 54.1 Å². The summed E-state index contributed by atoms with van der Waals surface area (Å²) in [6.45, 7) is 7.29. The van der Waals surface area contributed by atoms with Gasteiger partial charge in [-0.25, -0.2) is 4.98 Å². The van der Waals surface area contributed by atoms with Crippen LogP contribution in [0, 0.1) is 5.92 Å². The van der Waals surface area contributed by atoms with Gasteiger partial charge in [0.2, 0.25) is 5.95 Å². The Morgan fingerprint density at radius 3 is 2.37 bits per heavy atom. The van der Waals surface area contributed by atoms with Gasteiger partial charge < -0.3 is 26.0 Å². The maximum atomic E-state index is 8.45. The second-order valence-corrected chi connectivity index (χ2v) is 8.82. The molecule has 2 aliphatic rings. The minimum atomic E-state index is 0. The molecular weight excluding hydrogens is 458 g/mol. The number of aromatic nitrogens is 2. The second kappa shape index (κ2) is 18.0. The van der Waals surface area contributed by atoms with Gasteiger partial charge in [-0.05, 0) is 64.3 Å². The van der Waals surface area contributed by atoms with Gasteiger partial charge in [-0.1, -0.05) is 55.7 Å². The highest BCUT2D eigenvalue weighted by atomic mass is 32.2. The van der Waals surface area contributed by atoms with Crippen molar-refractivity contribution in [3.63, 3.8) is 0 Å². The van der Waals surface area contributed by atoms with Crippen molar-refractivity contribution in [3.05, 3.63) is 53.1 Å². The van der Waals surface area contributed by atoms with Gasteiger partial charge in [-0.2, -0.15) is 4.98 Å². The summed E-state index contributed by atoms with van der Waals surface area (Å²) in [6, 6.07) is 9.40. The van der Waals surface area contributed by atoms with Gasteiger partial charge in [-0.3, -0.25) is 0 Å². The Morgan fingerprint density at radius 1 is 1.09 bits per heavy atom. The largest absolute Gasteiger partial charge is 0.412 e. The van der Waals surface area contributed by atoms with Gasteiger partial charge in [0.05, 0.1) is 5.35 Å². The molecule has 1 aromatic heterocycles. The molecule has 35 heavy (non-hydrogen) atoms. The summed E-state index contributed by atoms with van der Waals surface area (Å²) in [6.07, 6.45) is 16.4. The van der Waals surface area contributed by atoms with Crippen LogP contribution in [-0.2, 0) is 0 Å². The van der Waals surface area contributed by atoms with E-state index in [1.165, 1.54) is 44.4 Å². The molecule has 1 fully saturated rings. The quantitative estimate of drug-likeness (QED) is 0.479. The first kappa shape index (κ1) is 30.6. The van der Waals surface area contributed by atoms with Crippen molar-refractivity contribution < 1.29 is 12.9 Å². The van der Waals surface area contributed by atoms with Crippen molar-refractivity contribution in [3.8, 4) is 0 Å². The molecule has 7 nitrogen and oxygen atoms in total. The lowest BCUT2D eigenvalue weighted by atomic mass is 9.89. The number of nitrogens with two attached hydrogens (primary N) is 1. The Morgan fingerprint density at radius 2 is 1.77 bits per heavy atom. The minimum absolute atomic E-state index is 0. The summed E-state index contributed by atoms with van der Waals surface area (Å²) in [5, 5.41) is 5.73. The number of fused-ring (bicyclic) bond motifs is 1. The first-order valence-corrected chi connectivity index (χ1v) is 13.2. The zero-order valence-corrected chi connectivity index (χ0v) is 22.2. The summed E-state index contributed by atoms with van der Waals surface area (Å²) >= 11 is 0.769. The molecule has 1 saturated carbocycles. The molecule has 198 valence electrons. The number of allylic oxidation sites excluding steroid dienone is 2. The van der Waals surface area contributed by atoms with Crippen LogP contribution >= 0.6 is 12.0 Å². The highest BCUT2D eigenvalue weighted by Crippen LogP contribution is 2.23. The van der Waals surface area contributed by atoms with E-state index in [0.29, 0.717) is 0 Å². The molecule has 4 rings (SSSR count). The van der Waals surface area contributed by atoms with Crippen LogP contribution in [0.1, 0.15) is 55.2 Å². The molecule has 0 atom stereocenters. The van der Waals surface area contributed by atoms with Crippen LogP contribution in [0.5, 0.6) is 0 Å². The Labute approximate surface area is 217 Å². The third-order valence-electron chi connectivity index (χ3n) is 5.99. The van der Waals surface area contributed by atoms with Crippen LogP contribution in [0.3, 0.4) is 0 Å². The van der Waals surface area contributed by atoms with Crippen LogP contribution < -0.4 is 26.5 Å². The van der Waals surface area contributed by atoms with Gasteiger partial charge in [0.25, 0.3) is 0 Å². The van der Waals surface area contributed by atoms with Crippen LogP contribution in [0.4, 0.5) is 11.8 Å². The van der Waals surface area contributed by atoms with Crippen molar-refractivity contribution in [2.45, 2.75) is 57.3 Å². The molecule has 0 amide bonds. The van der Waals surface area contributed by atoms with Crippen LogP contribution in [0.2, 0.25) is 0 Å². The highest BCUT2D eigenvalue weighted by molar-refractivity contribution is 7.93. The summed E-state index contributed by atoms with van der Waals surface area (Å²) in [4.78, 5) is 12.9. The smallest absolute Gasteiger partial charge is 0.225 e. The number of anilines is 2. The second-order valence-electron chi connectivity index (χ2n) is 8.17. The molecule has 6 N–H and O–H groups in total. The Bertz CT molecular complexity index is 986. The van der Waals surface area contributed by atoms with E-state index >= 15 is 0 Å². The Balaban J connectivity index is 0. The Hall–Kier alpha value is -2.39. The predicted molar refractivity (Wildman–Crippen MR) is 155 cm³/mol. The molecule has 2 aliphatic carbocycles. The van der Waals surface area contributed by atoms with Gasteiger partial charge in [-0.15, -0.1) is 0 Å². The van der Waals surface area contributed by atoms with E-state index in [1.807, 2.05) is 30.3 Å². The molecule has 2 aromatic rings. The lowest BCUT2D eigenvalue weighted by Gasteiger charge is -2.23. The monoisotopic (exact) mass is 505 g/mol. The third kappa shape index (κ3) is 10.0. The van der Waals surface area contributed by atoms with Crippen molar-refractivity contribution in [1.29, 1.82) is 0 Å². The number of hydrogen-bond acceptors (Lipinski definition) is 7. The molecule has 8 heteroatoms. The summed E-state index contributed by atoms with van der Waals surface area (Å²) < 4.78 is 8.45. The van der Waals surface area contributed by atoms with E-state index in [-0.39, 0.29) is 8.33 Å². The minimum Gasteiger partial charge on any atom is -0.412 e. The van der Waals surface area contributed by atoms with Gasteiger partial charge in [0, 0.05) is 44.6 Å². The van der Waals surface area contributed by atoms with Crippen LogP contribution in [-0.4, -0.2) is 46.7 Å². The number of benzene rings is 1. The molecule has 0 radical (unpaired) electrons. The lowest BCUT2D eigenvalue weighted by molar-refractivity contribution is 0.373. The molecule has 1 aromatic carbocycles. The van der Waals surface area contributed by atoms with E-state index in [9.17, 15) is 0 Å².